The molecule has 2 amide bonds. The summed E-state index contributed by atoms with van der Waals surface area (Å²) >= 11 is 6.15. The van der Waals surface area contributed by atoms with E-state index in [9.17, 15) is 9.59 Å². The van der Waals surface area contributed by atoms with Gasteiger partial charge < -0.3 is 19.4 Å². The number of hydrogen-bond donors (Lipinski definition) is 0. The van der Waals surface area contributed by atoms with Crippen molar-refractivity contribution in [2.45, 2.75) is 12.8 Å². The van der Waals surface area contributed by atoms with Gasteiger partial charge in [-0.25, -0.2) is 0 Å². The second-order valence-corrected chi connectivity index (χ2v) is 10.2. The molecule has 0 aromatic heterocycles. The van der Waals surface area contributed by atoms with Crippen LogP contribution in [0.1, 0.15) is 27.4 Å². The number of benzene rings is 3. The van der Waals surface area contributed by atoms with E-state index < -0.39 is 0 Å². The van der Waals surface area contributed by atoms with Gasteiger partial charge in [0.25, 0.3) is 5.91 Å². The number of carbonyl (C=O) groups excluding carboxylic acids is 2. The summed E-state index contributed by atoms with van der Waals surface area (Å²) in [4.78, 5) is 33.4. The lowest BCUT2D eigenvalue weighted by atomic mass is 9.87. The van der Waals surface area contributed by atoms with Crippen molar-refractivity contribution in [1.29, 1.82) is 0 Å². The van der Waals surface area contributed by atoms with Crippen molar-refractivity contribution < 1.29 is 14.3 Å². The highest BCUT2D eigenvalue weighted by Gasteiger charge is 2.43. The molecule has 6 nitrogen and oxygen atoms in total. The summed E-state index contributed by atoms with van der Waals surface area (Å²) in [5, 5.41) is 0.522. The molecule has 7 heteroatoms. The highest BCUT2D eigenvalue weighted by atomic mass is 35.5. The number of rotatable bonds is 5. The third kappa shape index (κ3) is 5.30. The van der Waals surface area contributed by atoms with Crippen molar-refractivity contribution in [3.63, 3.8) is 0 Å². The van der Waals surface area contributed by atoms with Gasteiger partial charge in [-0.15, -0.1) is 0 Å². The number of para-hydroxylation sites is 1. The number of amides is 2. The first-order valence-corrected chi connectivity index (χ1v) is 13.1. The largest absolute Gasteiger partial charge is 0.497 e. The van der Waals surface area contributed by atoms with Gasteiger partial charge in [-0.1, -0.05) is 48.0 Å². The number of nitrogens with zero attached hydrogens (tertiary/aromatic N) is 3. The van der Waals surface area contributed by atoms with Crippen LogP contribution >= 0.6 is 11.6 Å². The van der Waals surface area contributed by atoms with Gasteiger partial charge in [0.15, 0.2) is 0 Å². The zero-order chi connectivity index (χ0) is 25.9. The molecule has 3 aromatic rings. The van der Waals surface area contributed by atoms with Crippen molar-refractivity contribution in [3.05, 3.63) is 94.5 Å². The van der Waals surface area contributed by atoms with Crippen molar-refractivity contribution in [2.75, 3.05) is 51.3 Å². The monoisotopic (exact) mass is 517 g/mol. The van der Waals surface area contributed by atoms with Crippen LogP contribution in [0.15, 0.2) is 72.8 Å². The molecule has 0 spiro atoms. The average Bonchev–Trinajstić information content (AvgIpc) is 3.38. The molecule has 5 rings (SSSR count). The minimum atomic E-state index is -0.319. The number of ether oxygens (including phenoxy) is 1. The minimum absolute atomic E-state index is 0.102. The fraction of sp³-hybridized carbons (Fsp3) is 0.333. The fourth-order valence-electron chi connectivity index (χ4n) is 5.55. The van der Waals surface area contributed by atoms with Gasteiger partial charge >= 0.3 is 0 Å². The number of halogens is 1. The van der Waals surface area contributed by atoms with Crippen molar-refractivity contribution in [3.8, 4) is 5.75 Å². The van der Waals surface area contributed by atoms with Crippen LogP contribution < -0.4 is 9.64 Å². The van der Waals surface area contributed by atoms with Gasteiger partial charge in [0.2, 0.25) is 5.91 Å². The lowest BCUT2D eigenvalue weighted by Gasteiger charge is -2.38. The van der Waals surface area contributed by atoms with Gasteiger partial charge in [-0.3, -0.25) is 9.59 Å². The standard InChI is InChI=1S/C30H32ClN3O3/c1-21-7-3-4-12-28(21)32-13-15-33(16-14-32)30(36)27-20-34(29(35)23-9-5-10-24(31)17-23)19-26(27)22-8-6-11-25(18-22)37-2/h3-12,17-18,26-27H,13-16,19-20H2,1-2H3/t26-,27+/m0/s1. The predicted molar refractivity (Wildman–Crippen MR) is 147 cm³/mol. The molecule has 192 valence electrons. The maximum absolute atomic E-state index is 13.9. The van der Waals surface area contributed by atoms with Crippen LogP contribution in [-0.2, 0) is 4.79 Å². The molecule has 0 bridgehead atoms. The Morgan fingerprint density at radius 1 is 0.865 bits per heavy atom. The summed E-state index contributed by atoms with van der Waals surface area (Å²) in [6.07, 6.45) is 0. The van der Waals surface area contributed by atoms with Crippen molar-refractivity contribution in [2.24, 2.45) is 5.92 Å². The van der Waals surface area contributed by atoms with Crippen molar-refractivity contribution in [1.82, 2.24) is 9.80 Å². The Balaban J connectivity index is 1.36. The van der Waals surface area contributed by atoms with E-state index >= 15 is 0 Å². The normalized spacial score (nSPS) is 19.7. The lowest BCUT2D eigenvalue weighted by Crippen LogP contribution is -2.51. The number of methoxy groups -OCH3 is 1. The SMILES string of the molecule is COc1cccc([C@@H]2CN(C(=O)c3cccc(Cl)c3)C[C@H]2C(=O)N2CCN(c3ccccc3C)CC2)c1. The highest BCUT2D eigenvalue weighted by molar-refractivity contribution is 6.31. The second-order valence-electron chi connectivity index (χ2n) is 9.81. The van der Waals surface area contributed by atoms with Crippen LogP contribution in [-0.4, -0.2) is 68.0 Å². The van der Waals surface area contributed by atoms with Gasteiger partial charge in [-0.2, -0.15) is 0 Å². The van der Waals surface area contributed by atoms with Crippen molar-refractivity contribution >= 4 is 29.1 Å². The molecule has 0 radical (unpaired) electrons. The molecule has 2 heterocycles. The van der Waals surface area contributed by atoms with E-state index in [4.69, 9.17) is 16.3 Å². The number of likely N-dealkylation sites (tertiary alicyclic amines) is 1. The van der Waals surface area contributed by atoms with Gasteiger partial charge in [0, 0.05) is 61.5 Å². The zero-order valence-electron chi connectivity index (χ0n) is 21.3. The van der Waals surface area contributed by atoms with E-state index in [0.717, 1.165) is 24.4 Å². The molecule has 0 aliphatic carbocycles. The average molecular weight is 518 g/mol. The summed E-state index contributed by atoms with van der Waals surface area (Å²) in [5.74, 6) is 0.323. The van der Waals surface area contributed by atoms with E-state index in [1.54, 1.807) is 36.3 Å². The Labute approximate surface area is 223 Å². The van der Waals surface area contributed by atoms with Gasteiger partial charge in [0.1, 0.15) is 5.75 Å². The second kappa shape index (κ2) is 10.9. The molecular formula is C30H32ClN3O3. The Morgan fingerprint density at radius 3 is 2.35 bits per heavy atom. The molecule has 0 N–H and O–H groups in total. The zero-order valence-corrected chi connectivity index (χ0v) is 22.0. The summed E-state index contributed by atoms with van der Waals surface area (Å²) in [6, 6.07) is 23.2. The third-order valence-electron chi connectivity index (χ3n) is 7.57. The molecule has 0 saturated carbocycles. The Hall–Kier alpha value is -3.51. The Bertz CT molecular complexity index is 1290. The summed E-state index contributed by atoms with van der Waals surface area (Å²) in [5.41, 5.74) is 4.02. The molecule has 2 aliphatic heterocycles. The van der Waals surface area contributed by atoms with E-state index in [1.165, 1.54) is 11.3 Å². The van der Waals surface area contributed by atoms with E-state index in [1.807, 2.05) is 35.2 Å². The molecule has 2 fully saturated rings. The molecule has 37 heavy (non-hydrogen) atoms. The van der Waals surface area contributed by atoms with Crippen LogP contribution in [0.5, 0.6) is 5.75 Å². The summed E-state index contributed by atoms with van der Waals surface area (Å²) < 4.78 is 5.45. The number of aryl methyl sites for hydroxylation is 1. The van der Waals surface area contributed by atoms with Gasteiger partial charge in [0.05, 0.1) is 13.0 Å². The number of anilines is 1. The summed E-state index contributed by atoms with van der Waals surface area (Å²) in [7, 11) is 1.64. The maximum Gasteiger partial charge on any atom is 0.253 e. The molecule has 2 aliphatic rings. The molecule has 3 aromatic carbocycles. The predicted octanol–water partition coefficient (Wildman–Crippen LogP) is 4.86. The Morgan fingerprint density at radius 2 is 1.62 bits per heavy atom. The van der Waals surface area contributed by atoms with Crippen LogP contribution in [0.3, 0.4) is 0 Å². The minimum Gasteiger partial charge on any atom is -0.497 e. The number of piperazine rings is 1. The van der Waals surface area contributed by atoms with Crippen LogP contribution in [0, 0.1) is 12.8 Å². The molecule has 0 unspecified atom stereocenters. The topological polar surface area (TPSA) is 53.1 Å². The van der Waals surface area contributed by atoms with Crippen LogP contribution in [0.25, 0.3) is 0 Å². The van der Waals surface area contributed by atoms with E-state index in [0.29, 0.717) is 36.8 Å². The summed E-state index contributed by atoms with van der Waals surface area (Å²) in [6.45, 7) is 5.88. The van der Waals surface area contributed by atoms with Crippen LogP contribution in [0.4, 0.5) is 5.69 Å². The van der Waals surface area contributed by atoms with E-state index in [2.05, 4.69) is 30.0 Å². The smallest absolute Gasteiger partial charge is 0.253 e. The van der Waals surface area contributed by atoms with E-state index in [-0.39, 0.29) is 23.7 Å². The fourth-order valence-corrected chi connectivity index (χ4v) is 5.74. The quantitative estimate of drug-likeness (QED) is 0.485. The van der Waals surface area contributed by atoms with Gasteiger partial charge in [-0.05, 0) is 54.4 Å². The first kappa shape index (κ1) is 25.2. The Kier molecular flexibility index (Phi) is 7.38. The molecular weight excluding hydrogens is 486 g/mol. The number of hydrogen-bond acceptors (Lipinski definition) is 4. The lowest BCUT2D eigenvalue weighted by molar-refractivity contribution is -0.135. The third-order valence-corrected chi connectivity index (χ3v) is 7.80. The van der Waals surface area contributed by atoms with Crippen LogP contribution in [0.2, 0.25) is 5.02 Å². The highest BCUT2D eigenvalue weighted by Crippen LogP contribution is 2.36. The number of carbonyl (C=O) groups is 2. The first-order valence-electron chi connectivity index (χ1n) is 12.7. The first-order chi connectivity index (χ1) is 17.9. The maximum atomic E-state index is 13.9. The molecule has 2 atom stereocenters. The molecule has 2 saturated heterocycles.